The third kappa shape index (κ3) is 5.05. The molecule has 0 radical (unpaired) electrons. The van der Waals surface area contributed by atoms with Crippen LogP contribution in [0.4, 0.5) is 5.69 Å². The lowest BCUT2D eigenvalue weighted by atomic mass is 10.1. The molecule has 0 bridgehead atoms. The summed E-state index contributed by atoms with van der Waals surface area (Å²) < 4.78 is 5.13. The number of thiocarbonyl (C=S) groups is 1. The maximum Gasteiger partial charge on any atom is 0.170 e. The molecule has 3 nitrogen and oxygen atoms in total. The zero-order valence-corrected chi connectivity index (χ0v) is 14.4. The summed E-state index contributed by atoms with van der Waals surface area (Å²) in [7, 11) is 1.66. The summed E-state index contributed by atoms with van der Waals surface area (Å²) in [6, 6.07) is 13.2. The first kappa shape index (κ1) is 16.9. The lowest BCUT2D eigenvalue weighted by molar-refractivity contribution is 0.414. The van der Waals surface area contributed by atoms with Crippen molar-refractivity contribution in [2.45, 2.75) is 6.42 Å². The van der Waals surface area contributed by atoms with Crippen LogP contribution in [0.2, 0.25) is 10.0 Å². The molecule has 2 rings (SSSR count). The third-order valence-electron chi connectivity index (χ3n) is 3.04. The number of nitrogens with one attached hydrogen (secondary N) is 2. The van der Waals surface area contributed by atoms with E-state index in [2.05, 4.69) is 10.6 Å². The van der Waals surface area contributed by atoms with Crippen LogP contribution in [0, 0.1) is 0 Å². The van der Waals surface area contributed by atoms with E-state index in [-0.39, 0.29) is 0 Å². The lowest BCUT2D eigenvalue weighted by Gasteiger charge is -2.12. The van der Waals surface area contributed by atoms with Gasteiger partial charge in [-0.25, -0.2) is 0 Å². The molecule has 0 aliphatic heterocycles. The van der Waals surface area contributed by atoms with Gasteiger partial charge in [-0.3, -0.25) is 0 Å². The van der Waals surface area contributed by atoms with Gasteiger partial charge in [-0.2, -0.15) is 0 Å². The van der Waals surface area contributed by atoms with Crippen molar-refractivity contribution in [2.24, 2.45) is 0 Å². The van der Waals surface area contributed by atoms with Gasteiger partial charge in [0.2, 0.25) is 0 Å². The first-order chi connectivity index (χ1) is 10.6. The highest BCUT2D eigenvalue weighted by Crippen LogP contribution is 2.25. The van der Waals surface area contributed by atoms with Crippen LogP contribution in [-0.4, -0.2) is 18.8 Å². The molecule has 0 spiro atoms. The number of rotatable bonds is 5. The first-order valence-corrected chi connectivity index (χ1v) is 7.88. The average Bonchev–Trinajstić information content (AvgIpc) is 2.51. The van der Waals surface area contributed by atoms with Crippen LogP contribution in [0.3, 0.4) is 0 Å². The second-order valence-corrected chi connectivity index (χ2v) is 5.86. The molecule has 0 heterocycles. The van der Waals surface area contributed by atoms with E-state index in [1.165, 1.54) is 5.56 Å². The van der Waals surface area contributed by atoms with Gasteiger partial charge in [0.1, 0.15) is 5.75 Å². The molecule has 116 valence electrons. The van der Waals surface area contributed by atoms with E-state index in [0.29, 0.717) is 15.2 Å². The minimum absolute atomic E-state index is 0.526. The molecular weight excluding hydrogens is 339 g/mol. The number of halogens is 2. The standard InChI is InChI=1S/C16H16Cl2N2OS/c1-21-13-5-2-11(3-6-13)8-9-19-16(22)20-15-7-4-12(17)10-14(15)18/h2-7,10H,8-9H2,1H3,(H2,19,20,22). The van der Waals surface area contributed by atoms with Crippen LogP contribution >= 0.6 is 35.4 Å². The predicted octanol–water partition coefficient (Wildman–Crippen LogP) is 4.53. The van der Waals surface area contributed by atoms with E-state index in [1.807, 2.05) is 24.3 Å². The normalized spacial score (nSPS) is 10.1. The molecule has 0 aliphatic carbocycles. The van der Waals surface area contributed by atoms with Crippen LogP contribution in [0.1, 0.15) is 5.56 Å². The second-order valence-electron chi connectivity index (χ2n) is 4.60. The molecule has 0 aromatic heterocycles. The van der Waals surface area contributed by atoms with Crippen molar-refractivity contribution in [2.75, 3.05) is 19.0 Å². The van der Waals surface area contributed by atoms with Crippen molar-refractivity contribution < 1.29 is 4.74 Å². The molecule has 0 unspecified atom stereocenters. The van der Waals surface area contributed by atoms with Crippen molar-refractivity contribution in [3.63, 3.8) is 0 Å². The van der Waals surface area contributed by atoms with Crippen LogP contribution in [0.5, 0.6) is 5.75 Å². The van der Waals surface area contributed by atoms with Gasteiger partial charge in [0.05, 0.1) is 17.8 Å². The highest BCUT2D eigenvalue weighted by molar-refractivity contribution is 7.80. The van der Waals surface area contributed by atoms with Crippen molar-refractivity contribution >= 4 is 46.2 Å². The van der Waals surface area contributed by atoms with E-state index >= 15 is 0 Å². The number of hydrogen-bond donors (Lipinski definition) is 2. The minimum atomic E-state index is 0.526. The Balaban J connectivity index is 1.79. The number of methoxy groups -OCH3 is 1. The van der Waals surface area contributed by atoms with Gasteiger partial charge in [0, 0.05) is 11.6 Å². The SMILES string of the molecule is COc1ccc(CCNC(=S)Nc2ccc(Cl)cc2Cl)cc1. The summed E-state index contributed by atoms with van der Waals surface area (Å²) >= 11 is 17.2. The Labute approximate surface area is 145 Å². The van der Waals surface area contributed by atoms with Gasteiger partial charge >= 0.3 is 0 Å². The summed E-state index contributed by atoms with van der Waals surface area (Å²) in [5.41, 5.74) is 1.94. The number of anilines is 1. The van der Waals surface area contributed by atoms with Gasteiger partial charge < -0.3 is 15.4 Å². The fourth-order valence-electron chi connectivity index (χ4n) is 1.87. The van der Waals surface area contributed by atoms with E-state index in [4.69, 9.17) is 40.2 Å². The van der Waals surface area contributed by atoms with E-state index < -0.39 is 0 Å². The Morgan fingerprint density at radius 3 is 2.50 bits per heavy atom. The molecule has 2 aromatic carbocycles. The molecule has 0 aliphatic rings. The van der Waals surface area contributed by atoms with Gasteiger partial charge in [-0.05, 0) is 54.5 Å². The van der Waals surface area contributed by atoms with Crippen LogP contribution in [-0.2, 0) is 6.42 Å². The van der Waals surface area contributed by atoms with Gasteiger partial charge in [0.15, 0.2) is 5.11 Å². The van der Waals surface area contributed by atoms with Gasteiger partial charge in [-0.1, -0.05) is 35.3 Å². The van der Waals surface area contributed by atoms with Gasteiger partial charge in [-0.15, -0.1) is 0 Å². The molecule has 2 N–H and O–H groups in total. The molecule has 0 saturated carbocycles. The van der Waals surface area contributed by atoms with Crippen LogP contribution in [0.25, 0.3) is 0 Å². The number of hydrogen-bond acceptors (Lipinski definition) is 2. The maximum atomic E-state index is 6.09. The molecular formula is C16H16Cl2N2OS. The maximum absolute atomic E-state index is 6.09. The van der Waals surface area contributed by atoms with E-state index in [0.717, 1.165) is 24.4 Å². The molecule has 6 heteroatoms. The minimum Gasteiger partial charge on any atom is -0.497 e. The summed E-state index contributed by atoms with van der Waals surface area (Å²) in [5, 5.41) is 7.85. The number of ether oxygens (including phenoxy) is 1. The largest absolute Gasteiger partial charge is 0.497 e. The van der Waals surface area contributed by atoms with Crippen LogP contribution in [0.15, 0.2) is 42.5 Å². The Bertz CT molecular complexity index is 647. The fourth-order valence-corrected chi connectivity index (χ4v) is 2.54. The Kier molecular flexibility index (Phi) is 6.31. The molecule has 2 aromatic rings. The lowest BCUT2D eigenvalue weighted by Crippen LogP contribution is -2.30. The summed E-state index contributed by atoms with van der Waals surface area (Å²) in [4.78, 5) is 0. The smallest absolute Gasteiger partial charge is 0.170 e. The molecule has 0 amide bonds. The highest BCUT2D eigenvalue weighted by Gasteiger charge is 2.03. The Morgan fingerprint density at radius 1 is 1.14 bits per heavy atom. The monoisotopic (exact) mass is 354 g/mol. The second kappa shape index (κ2) is 8.22. The predicted molar refractivity (Wildman–Crippen MR) is 97.4 cm³/mol. The number of benzene rings is 2. The summed E-state index contributed by atoms with van der Waals surface area (Å²) in [6.45, 7) is 0.726. The van der Waals surface area contributed by atoms with Crippen molar-refractivity contribution in [1.82, 2.24) is 5.32 Å². The zero-order valence-electron chi connectivity index (χ0n) is 12.0. The third-order valence-corrected chi connectivity index (χ3v) is 3.83. The highest BCUT2D eigenvalue weighted by atomic mass is 35.5. The quantitative estimate of drug-likeness (QED) is 0.772. The van der Waals surface area contributed by atoms with Crippen molar-refractivity contribution in [3.8, 4) is 5.75 Å². The topological polar surface area (TPSA) is 33.3 Å². The molecule has 0 fully saturated rings. The molecule has 0 saturated heterocycles. The fraction of sp³-hybridized carbons (Fsp3) is 0.188. The Morgan fingerprint density at radius 2 is 1.86 bits per heavy atom. The molecule has 22 heavy (non-hydrogen) atoms. The van der Waals surface area contributed by atoms with Crippen molar-refractivity contribution in [1.29, 1.82) is 0 Å². The van der Waals surface area contributed by atoms with E-state index in [1.54, 1.807) is 25.3 Å². The average molecular weight is 355 g/mol. The van der Waals surface area contributed by atoms with Crippen LogP contribution < -0.4 is 15.4 Å². The molecule has 0 atom stereocenters. The van der Waals surface area contributed by atoms with Gasteiger partial charge in [0.25, 0.3) is 0 Å². The summed E-state index contributed by atoms with van der Waals surface area (Å²) in [6.07, 6.45) is 0.861. The first-order valence-electron chi connectivity index (χ1n) is 6.71. The van der Waals surface area contributed by atoms with E-state index in [9.17, 15) is 0 Å². The summed E-state index contributed by atoms with van der Waals surface area (Å²) in [5.74, 6) is 0.853. The Hall–Kier alpha value is -1.49. The zero-order chi connectivity index (χ0) is 15.9. The van der Waals surface area contributed by atoms with Crippen molar-refractivity contribution in [3.05, 3.63) is 58.1 Å².